The third kappa shape index (κ3) is 2.86. The summed E-state index contributed by atoms with van der Waals surface area (Å²) in [5.74, 6) is -0.662. The van der Waals surface area contributed by atoms with Crippen LogP contribution in [0.25, 0.3) is 0 Å². The summed E-state index contributed by atoms with van der Waals surface area (Å²) in [5.41, 5.74) is -1.20. The van der Waals surface area contributed by atoms with Crippen LogP contribution in [0.4, 0.5) is 0 Å². The standard InChI is InChI=1S/C14H25NO4S/c1-2-14(13(16)17)9-6-10-15(14)20(18,19)11-12-7-4-3-5-8-12/h12H,2-11H2,1H3,(H,16,17). The number of sulfonamides is 1. The average molecular weight is 303 g/mol. The van der Waals surface area contributed by atoms with Crippen LogP contribution in [0.2, 0.25) is 0 Å². The van der Waals surface area contributed by atoms with Crippen molar-refractivity contribution >= 4 is 16.0 Å². The molecule has 1 aliphatic heterocycles. The van der Waals surface area contributed by atoms with Gasteiger partial charge in [0.15, 0.2) is 0 Å². The predicted molar refractivity (Wildman–Crippen MR) is 77.0 cm³/mol. The van der Waals surface area contributed by atoms with E-state index in [1.807, 2.05) is 0 Å². The molecule has 2 aliphatic rings. The first-order valence-electron chi connectivity index (χ1n) is 7.66. The molecule has 0 amide bonds. The summed E-state index contributed by atoms with van der Waals surface area (Å²) in [4.78, 5) is 11.6. The molecule has 0 aromatic rings. The summed E-state index contributed by atoms with van der Waals surface area (Å²) in [5, 5.41) is 9.50. The number of rotatable bonds is 5. The highest BCUT2D eigenvalue weighted by Crippen LogP contribution is 2.37. The monoisotopic (exact) mass is 303 g/mol. The lowest BCUT2D eigenvalue weighted by atomic mass is 9.91. The molecule has 5 nitrogen and oxygen atoms in total. The molecule has 1 saturated heterocycles. The lowest BCUT2D eigenvalue weighted by molar-refractivity contribution is -0.147. The lowest BCUT2D eigenvalue weighted by Gasteiger charge is -2.34. The minimum Gasteiger partial charge on any atom is -0.480 e. The van der Waals surface area contributed by atoms with Gasteiger partial charge in [0, 0.05) is 6.54 Å². The Morgan fingerprint density at radius 3 is 2.45 bits per heavy atom. The van der Waals surface area contributed by atoms with E-state index in [-0.39, 0.29) is 11.7 Å². The Labute approximate surface area is 121 Å². The van der Waals surface area contributed by atoms with Crippen molar-refractivity contribution in [2.75, 3.05) is 12.3 Å². The molecule has 2 fully saturated rings. The van der Waals surface area contributed by atoms with Gasteiger partial charge in [-0.25, -0.2) is 8.42 Å². The smallest absolute Gasteiger partial charge is 0.325 e. The van der Waals surface area contributed by atoms with Crippen molar-refractivity contribution in [3.05, 3.63) is 0 Å². The van der Waals surface area contributed by atoms with Crippen LogP contribution in [0, 0.1) is 5.92 Å². The first kappa shape index (κ1) is 15.8. The highest BCUT2D eigenvalue weighted by Gasteiger charge is 2.51. The van der Waals surface area contributed by atoms with Crippen molar-refractivity contribution < 1.29 is 18.3 Å². The number of carbonyl (C=O) groups is 1. The van der Waals surface area contributed by atoms with Crippen LogP contribution in [0.1, 0.15) is 58.3 Å². The molecule has 1 N–H and O–H groups in total. The minimum absolute atomic E-state index is 0.127. The van der Waals surface area contributed by atoms with E-state index in [1.165, 1.54) is 10.7 Å². The molecule has 0 spiro atoms. The van der Waals surface area contributed by atoms with E-state index >= 15 is 0 Å². The molecule has 116 valence electrons. The van der Waals surface area contributed by atoms with E-state index in [4.69, 9.17) is 0 Å². The molecule has 0 radical (unpaired) electrons. The Hall–Kier alpha value is -0.620. The molecule has 1 unspecified atom stereocenters. The second kappa shape index (κ2) is 6.02. The zero-order valence-corrected chi connectivity index (χ0v) is 13.0. The normalized spacial score (nSPS) is 29.6. The van der Waals surface area contributed by atoms with Crippen molar-refractivity contribution in [3.8, 4) is 0 Å². The Kier molecular flexibility index (Phi) is 4.74. The van der Waals surface area contributed by atoms with Gasteiger partial charge in [-0.15, -0.1) is 0 Å². The average Bonchev–Trinajstić information content (AvgIpc) is 2.85. The van der Waals surface area contributed by atoms with Crippen LogP contribution in [0.3, 0.4) is 0 Å². The van der Waals surface area contributed by atoms with Crippen LogP contribution >= 0.6 is 0 Å². The topological polar surface area (TPSA) is 74.7 Å². The SMILES string of the molecule is CCC1(C(=O)O)CCCN1S(=O)(=O)CC1CCCCC1. The molecule has 2 rings (SSSR count). The van der Waals surface area contributed by atoms with Crippen LogP contribution in [-0.4, -0.2) is 41.6 Å². The second-order valence-electron chi connectivity index (χ2n) is 6.15. The van der Waals surface area contributed by atoms with E-state index in [0.29, 0.717) is 25.8 Å². The van der Waals surface area contributed by atoms with Gasteiger partial charge in [-0.3, -0.25) is 4.79 Å². The predicted octanol–water partition coefficient (Wildman–Crippen LogP) is 2.23. The molecule has 0 aromatic heterocycles. The molecule has 1 aliphatic carbocycles. The number of aliphatic carboxylic acids is 1. The van der Waals surface area contributed by atoms with Crippen LogP contribution in [-0.2, 0) is 14.8 Å². The zero-order valence-electron chi connectivity index (χ0n) is 12.2. The Balaban J connectivity index is 2.17. The third-order valence-electron chi connectivity index (χ3n) is 4.92. The summed E-state index contributed by atoms with van der Waals surface area (Å²) in [6.07, 6.45) is 6.71. The Morgan fingerprint density at radius 2 is 1.90 bits per heavy atom. The molecular weight excluding hydrogens is 278 g/mol. The summed E-state index contributed by atoms with van der Waals surface area (Å²) in [6.45, 7) is 2.12. The Morgan fingerprint density at radius 1 is 1.25 bits per heavy atom. The fraction of sp³-hybridized carbons (Fsp3) is 0.929. The lowest BCUT2D eigenvalue weighted by Crippen LogP contribution is -2.53. The number of hydrogen-bond donors (Lipinski definition) is 1. The summed E-state index contributed by atoms with van der Waals surface area (Å²) in [6, 6.07) is 0. The van der Waals surface area contributed by atoms with Crippen LogP contribution in [0.5, 0.6) is 0 Å². The Bertz CT molecular complexity index is 456. The number of carboxylic acids is 1. The zero-order chi connectivity index (χ0) is 14.8. The molecule has 1 atom stereocenters. The molecular formula is C14H25NO4S. The van der Waals surface area contributed by atoms with E-state index in [1.54, 1.807) is 6.92 Å². The van der Waals surface area contributed by atoms with E-state index in [9.17, 15) is 18.3 Å². The largest absolute Gasteiger partial charge is 0.480 e. The summed E-state index contributed by atoms with van der Waals surface area (Å²) in [7, 11) is -3.47. The quantitative estimate of drug-likeness (QED) is 0.845. The van der Waals surface area contributed by atoms with Crippen molar-refractivity contribution in [3.63, 3.8) is 0 Å². The van der Waals surface area contributed by atoms with Crippen LogP contribution in [0.15, 0.2) is 0 Å². The van der Waals surface area contributed by atoms with Gasteiger partial charge in [-0.2, -0.15) is 4.31 Å². The number of nitrogens with zero attached hydrogens (tertiary/aromatic N) is 1. The molecule has 1 saturated carbocycles. The van der Waals surface area contributed by atoms with Crippen LogP contribution < -0.4 is 0 Å². The summed E-state index contributed by atoms with van der Waals surface area (Å²) < 4.78 is 26.6. The highest BCUT2D eigenvalue weighted by molar-refractivity contribution is 7.89. The molecule has 6 heteroatoms. The number of carboxylic acid groups (broad SMARTS) is 1. The maximum absolute atomic E-state index is 12.6. The third-order valence-corrected chi connectivity index (χ3v) is 7.02. The van der Waals surface area contributed by atoms with E-state index in [0.717, 1.165) is 25.7 Å². The maximum Gasteiger partial charge on any atom is 0.325 e. The summed E-state index contributed by atoms with van der Waals surface area (Å²) >= 11 is 0. The molecule has 0 bridgehead atoms. The minimum atomic E-state index is -3.47. The van der Waals surface area contributed by atoms with Gasteiger partial charge in [0.2, 0.25) is 10.0 Å². The first-order valence-corrected chi connectivity index (χ1v) is 9.27. The van der Waals surface area contributed by atoms with E-state index in [2.05, 4.69) is 0 Å². The van der Waals surface area contributed by atoms with E-state index < -0.39 is 21.5 Å². The van der Waals surface area contributed by atoms with Gasteiger partial charge < -0.3 is 5.11 Å². The second-order valence-corrected chi connectivity index (χ2v) is 8.09. The van der Waals surface area contributed by atoms with Gasteiger partial charge >= 0.3 is 5.97 Å². The molecule has 0 aromatic carbocycles. The molecule has 20 heavy (non-hydrogen) atoms. The van der Waals surface area contributed by atoms with Crippen molar-refractivity contribution in [2.45, 2.75) is 63.8 Å². The van der Waals surface area contributed by atoms with Gasteiger partial charge in [-0.1, -0.05) is 26.2 Å². The first-order chi connectivity index (χ1) is 9.42. The van der Waals surface area contributed by atoms with Gasteiger partial charge in [-0.05, 0) is 38.0 Å². The van der Waals surface area contributed by atoms with Crippen molar-refractivity contribution in [2.24, 2.45) is 5.92 Å². The fourth-order valence-electron chi connectivity index (χ4n) is 3.72. The van der Waals surface area contributed by atoms with Gasteiger partial charge in [0.05, 0.1) is 5.75 Å². The highest BCUT2D eigenvalue weighted by atomic mass is 32.2. The van der Waals surface area contributed by atoms with Crippen molar-refractivity contribution in [1.29, 1.82) is 0 Å². The van der Waals surface area contributed by atoms with Gasteiger partial charge in [0.25, 0.3) is 0 Å². The van der Waals surface area contributed by atoms with Crippen molar-refractivity contribution in [1.82, 2.24) is 4.31 Å². The van der Waals surface area contributed by atoms with Gasteiger partial charge in [0.1, 0.15) is 5.54 Å². The maximum atomic E-state index is 12.6. The fourth-order valence-corrected chi connectivity index (χ4v) is 6.07. The number of hydrogen-bond acceptors (Lipinski definition) is 3. The molecule has 1 heterocycles.